The molecule has 0 aliphatic rings. The van der Waals surface area contributed by atoms with Crippen LogP contribution in [0.1, 0.15) is 63.7 Å². The highest BCUT2D eigenvalue weighted by atomic mass is 32.1. The van der Waals surface area contributed by atoms with Crippen molar-refractivity contribution in [1.29, 1.82) is 0 Å². The van der Waals surface area contributed by atoms with Gasteiger partial charge in [-0.2, -0.15) is 4.37 Å². The molecular weight excluding hydrogens is 422 g/mol. The predicted octanol–water partition coefficient (Wildman–Crippen LogP) is 4.39. The van der Waals surface area contributed by atoms with E-state index in [4.69, 9.17) is 0 Å². The van der Waals surface area contributed by atoms with E-state index >= 15 is 0 Å². The minimum Gasteiger partial charge on any atom is -0.322 e. The first-order chi connectivity index (χ1) is 15.5. The largest absolute Gasteiger partial charge is 0.322 e. The number of rotatable bonds is 11. The maximum absolute atomic E-state index is 13.0. The number of carbonyl (C=O) groups is 2. The van der Waals surface area contributed by atoms with Gasteiger partial charge in [0.1, 0.15) is 0 Å². The summed E-state index contributed by atoms with van der Waals surface area (Å²) in [4.78, 5) is 37.2. The second-order valence-electron chi connectivity index (χ2n) is 7.53. The molecule has 0 fully saturated rings. The van der Waals surface area contributed by atoms with Crippen molar-refractivity contribution in [3.63, 3.8) is 0 Å². The number of amides is 1. The molecule has 0 radical (unpaired) electrons. The third kappa shape index (κ3) is 6.27. The molecule has 32 heavy (non-hydrogen) atoms. The fourth-order valence-electron chi connectivity index (χ4n) is 3.53. The molecule has 0 aliphatic heterocycles. The highest BCUT2D eigenvalue weighted by Crippen LogP contribution is 2.23. The molecule has 1 N–H and O–H groups in total. The van der Waals surface area contributed by atoms with Gasteiger partial charge >= 0.3 is 0 Å². The Bertz CT molecular complexity index is 1050. The second kappa shape index (κ2) is 11.6. The van der Waals surface area contributed by atoms with Crippen LogP contribution in [0.4, 0.5) is 5.69 Å². The molecule has 0 saturated carbocycles. The first-order valence-electron chi connectivity index (χ1n) is 10.9. The molecule has 0 saturated heterocycles. The number of nitrogens with one attached hydrogen (secondary N) is 1. The molecule has 0 spiro atoms. The molecule has 3 rings (SSSR count). The summed E-state index contributed by atoms with van der Waals surface area (Å²) in [5.41, 5.74) is 3.22. The number of benzene rings is 1. The van der Waals surface area contributed by atoms with Gasteiger partial charge in [-0.1, -0.05) is 26.0 Å². The van der Waals surface area contributed by atoms with Gasteiger partial charge in [-0.05, 0) is 56.6 Å². The van der Waals surface area contributed by atoms with Gasteiger partial charge in [-0.25, -0.2) is 0 Å². The van der Waals surface area contributed by atoms with Crippen molar-refractivity contribution in [3.05, 3.63) is 70.2 Å². The fraction of sp³-hybridized carbons (Fsp3) is 0.375. The van der Waals surface area contributed by atoms with Crippen LogP contribution in [0.2, 0.25) is 0 Å². The number of anilines is 1. The molecule has 0 aliphatic carbocycles. The summed E-state index contributed by atoms with van der Waals surface area (Å²) in [6.07, 6.45) is 6.74. The highest BCUT2D eigenvalue weighted by Gasteiger charge is 2.19. The molecule has 3 aromatic rings. The molecule has 2 aromatic heterocycles. The van der Waals surface area contributed by atoms with E-state index in [0.29, 0.717) is 35.3 Å². The minimum absolute atomic E-state index is 0.0879. The van der Waals surface area contributed by atoms with E-state index in [1.165, 1.54) is 11.5 Å². The quantitative estimate of drug-likeness (QED) is 0.435. The summed E-state index contributed by atoms with van der Waals surface area (Å²) >= 11 is 1.30. The SMILES string of the molecule is CCN(CC)CCCC(=O)c1cccc(NC(=O)c2c(C)nsc2Cc2cnccn2)c1. The van der Waals surface area contributed by atoms with Crippen molar-refractivity contribution in [1.82, 2.24) is 19.2 Å². The van der Waals surface area contributed by atoms with E-state index in [2.05, 4.69) is 38.4 Å². The standard InChI is InChI=1S/C24H29N5O2S/c1-4-29(5-2)13-7-10-21(30)18-8-6-9-19(14-18)27-24(31)23-17(3)28-32-22(23)15-20-16-25-11-12-26-20/h6,8-9,11-12,14,16H,4-5,7,10,13,15H2,1-3H3,(H,27,31). The zero-order valence-electron chi connectivity index (χ0n) is 18.8. The van der Waals surface area contributed by atoms with E-state index in [9.17, 15) is 9.59 Å². The number of hydrogen-bond donors (Lipinski definition) is 1. The zero-order chi connectivity index (χ0) is 22.9. The van der Waals surface area contributed by atoms with Crippen LogP contribution in [-0.4, -0.2) is 50.6 Å². The van der Waals surface area contributed by atoms with Gasteiger partial charge in [-0.3, -0.25) is 19.6 Å². The van der Waals surface area contributed by atoms with Gasteiger partial charge in [0, 0.05) is 47.6 Å². The molecule has 7 nitrogen and oxygen atoms in total. The molecule has 2 heterocycles. The van der Waals surface area contributed by atoms with Crippen molar-refractivity contribution in [2.45, 2.75) is 40.0 Å². The molecule has 8 heteroatoms. The Balaban J connectivity index is 1.66. The van der Waals surface area contributed by atoms with Crippen LogP contribution >= 0.6 is 11.5 Å². The van der Waals surface area contributed by atoms with Crippen LogP contribution in [0.5, 0.6) is 0 Å². The van der Waals surface area contributed by atoms with Gasteiger partial charge in [-0.15, -0.1) is 0 Å². The normalized spacial score (nSPS) is 11.0. The van der Waals surface area contributed by atoms with E-state index in [0.717, 1.165) is 36.6 Å². The smallest absolute Gasteiger partial charge is 0.258 e. The fourth-order valence-corrected chi connectivity index (χ4v) is 4.41. The Labute approximate surface area is 193 Å². The average Bonchev–Trinajstić information content (AvgIpc) is 3.17. The Hall–Kier alpha value is -2.97. The van der Waals surface area contributed by atoms with Crippen LogP contribution in [0.25, 0.3) is 0 Å². The van der Waals surface area contributed by atoms with Crippen molar-refractivity contribution < 1.29 is 9.59 Å². The van der Waals surface area contributed by atoms with Crippen LogP contribution in [-0.2, 0) is 6.42 Å². The van der Waals surface area contributed by atoms with Gasteiger partial charge < -0.3 is 10.2 Å². The Morgan fingerprint density at radius 3 is 2.69 bits per heavy atom. The number of Topliss-reactive ketones (excluding diaryl/α,β-unsaturated/α-hetero) is 1. The summed E-state index contributed by atoms with van der Waals surface area (Å²) < 4.78 is 4.36. The van der Waals surface area contributed by atoms with Gasteiger partial charge in [0.25, 0.3) is 5.91 Å². The van der Waals surface area contributed by atoms with Crippen LogP contribution < -0.4 is 5.32 Å². The molecule has 0 atom stereocenters. The number of ketones is 1. The topological polar surface area (TPSA) is 88.1 Å². The Kier molecular flexibility index (Phi) is 8.58. The Morgan fingerprint density at radius 1 is 1.16 bits per heavy atom. The maximum atomic E-state index is 13.0. The highest BCUT2D eigenvalue weighted by molar-refractivity contribution is 7.06. The molecule has 0 bridgehead atoms. The van der Waals surface area contributed by atoms with E-state index in [1.54, 1.807) is 42.9 Å². The number of aromatic nitrogens is 3. The molecule has 1 aromatic carbocycles. The lowest BCUT2D eigenvalue weighted by Crippen LogP contribution is -2.24. The van der Waals surface area contributed by atoms with E-state index in [1.807, 2.05) is 6.92 Å². The van der Waals surface area contributed by atoms with Gasteiger partial charge in [0.15, 0.2) is 5.78 Å². The molecule has 1 amide bonds. The Morgan fingerprint density at radius 2 is 1.97 bits per heavy atom. The third-order valence-electron chi connectivity index (χ3n) is 5.33. The first kappa shape index (κ1) is 23.7. The van der Waals surface area contributed by atoms with Crippen LogP contribution in [0.15, 0.2) is 42.9 Å². The number of nitrogens with zero attached hydrogens (tertiary/aromatic N) is 4. The summed E-state index contributed by atoms with van der Waals surface area (Å²) in [5, 5.41) is 2.93. The van der Waals surface area contributed by atoms with Crippen molar-refractivity contribution >= 4 is 28.9 Å². The summed E-state index contributed by atoms with van der Waals surface area (Å²) in [5.74, 6) is -0.147. The van der Waals surface area contributed by atoms with Gasteiger partial charge in [0.05, 0.1) is 17.0 Å². The van der Waals surface area contributed by atoms with Crippen molar-refractivity contribution in [3.8, 4) is 0 Å². The zero-order valence-corrected chi connectivity index (χ0v) is 19.6. The number of carbonyl (C=O) groups excluding carboxylic acids is 2. The van der Waals surface area contributed by atoms with Crippen LogP contribution in [0, 0.1) is 6.92 Å². The lowest BCUT2D eigenvalue weighted by molar-refractivity contribution is 0.0973. The maximum Gasteiger partial charge on any atom is 0.258 e. The number of aryl methyl sites for hydroxylation is 1. The summed E-state index contributed by atoms with van der Waals surface area (Å²) in [6, 6.07) is 7.13. The second-order valence-corrected chi connectivity index (χ2v) is 8.39. The average molecular weight is 452 g/mol. The van der Waals surface area contributed by atoms with E-state index < -0.39 is 0 Å². The van der Waals surface area contributed by atoms with E-state index in [-0.39, 0.29) is 11.7 Å². The molecule has 168 valence electrons. The van der Waals surface area contributed by atoms with Gasteiger partial charge in [0.2, 0.25) is 0 Å². The summed E-state index contributed by atoms with van der Waals surface area (Å²) in [6.45, 7) is 8.96. The predicted molar refractivity (Wildman–Crippen MR) is 127 cm³/mol. The molecule has 0 unspecified atom stereocenters. The van der Waals surface area contributed by atoms with Crippen LogP contribution in [0.3, 0.4) is 0 Å². The summed E-state index contributed by atoms with van der Waals surface area (Å²) in [7, 11) is 0. The minimum atomic E-state index is -0.235. The molecular formula is C24H29N5O2S. The monoisotopic (exact) mass is 451 g/mol. The lowest BCUT2D eigenvalue weighted by Gasteiger charge is -2.17. The lowest BCUT2D eigenvalue weighted by atomic mass is 10.1. The third-order valence-corrected chi connectivity index (χ3v) is 6.27. The van der Waals surface area contributed by atoms with Crippen molar-refractivity contribution in [2.75, 3.05) is 25.0 Å². The first-order valence-corrected chi connectivity index (χ1v) is 11.7. The number of hydrogen-bond acceptors (Lipinski definition) is 7. The van der Waals surface area contributed by atoms with Crippen molar-refractivity contribution in [2.24, 2.45) is 0 Å².